The van der Waals surface area contributed by atoms with E-state index in [1.807, 2.05) is 48.5 Å². The summed E-state index contributed by atoms with van der Waals surface area (Å²) in [6.07, 6.45) is 11.2. The Morgan fingerprint density at radius 2 is 2.12 bits per heavy atom. The van der Waals surface area contributed by atoms with Gasteiger partial charge in [-0.25, -0.2) is 4.98 Å². The van der Waals surface area contributed by atoms with Gasteiger partial charge >= 0.3 is 0 Å². The van der Waals surface area contributed by atoms with Crippen LogP contribution in [0.15, 0.2) is 42.3 Å². The molecule has 4 heteroatoms. The predicted molar refractivity (Wildman–Crippen MR) is 103 cm³/mol. The van der Waals surface area contributed by atoms with Crippen molar-refractivity contribution in [3.63, 3.8) is 0 Å². The van der Waals surface area contributed by atoms with Crippen LogP contribution < -0.4 is 0 Å². The smallest absolute Gasteiger partial charge is 0.249 e. The third kappa shape index (κ3) is 4.19. The summed E-state index contributed by atoms with van der Waals surface area (Å²) in [6.45, 7) is 7.87. The minimum atomic E-state index is 0.166. The van der Waals surface area contributed by atoms with Gasteiger partial charge in [-0.05, 0) is 62.3 Å². The minimum Gasteiger partial charge on any atom is -0.346 e. The molecule has 0 unspecified atom stereocenters. The number of carbonyl (C=O) groups excluding carboxylic acids is 1. The van der Waals surface area contributed by atoms with E-state index in [9.17, 15) is 4.79 Å². The monoisotopic (exact) mass is 337 g/mol. The molecular formula is C21H27N3O. The zero-order chi connectivity index (χ0) is 17.8. The van der Waals surface area contributed by atoms with Crippen molar-refractivity contribution in [3.05, 3.63) is 47.8 Å². The summed E-state index contributed by atoms with van der Waals surface area (Å²) in [5.41, 5.74) is 3.96. The van der Waals surface area contributed by atoms with E-state index in [0.717, 1.165) is 53.2 Å². The van der Waals surface area contributed by atoms with Crippen molar-refractivity contribution >= 4 is 22.5 Å². The van der Waals surface area contributed by atoms with E-state index in [1.54, 1.807) is 0 Å². The number of amides is 1. The maximum absolute atomic E-state index is 12.7. The molecule has 0 radical (unpaired) electrons. The molecule has 1 fully saturated rings. The van der Waals surface area contributed by atoms with Crippen LogP contribution in [0.4, 0.5) is 0 Å². The first-order valence-electron chi connectivity index (χ1n) is 9.17. The molecule has 0 atom stereocenters. The molecule has 2 heterocycles. The Balaban J connectivity index is 1.77. The van der Waals surface area contributed by atoms with E-state index < -0.39 is 0 Å². The third-order valence-corrected chi connectivity index (χ3v) is 4.76. The van der Waals surface area contributed by atoms with Gasteiger partial charge in [-0.15, -0.1) is 0 Å². The largest absolute Gasteiger partial charge is 0.346 e. The van der Waals surface area contributed by atoms with Gasteiger partial charge in [-0.1, -0.05) is 19.1 Å². The molecule has 132 valence electrons. The van der Waals surface area contributed by atoms with Crippen LogP contribution in [-0.4, -0.2) is 33.9 Å². The first-order valence-corrected chi connectivity index (χ1v) is 9.17. The van der Waals surface area contributed by atoms with Crippen molar-refractivity contribution < 1.29 is 4.79 Å². The van der Waals surface area contributed by atoms with Gasteiger partial charge in [0.2, 0.25) is 5.91 Å². The van der Waals surface area contributed by atoms with E-state index in [4.69, 9.17) is 0 Å². The molecule has 25 heavy (non-hydrogen) atoms. The second-order valence-electron chi connectivity index (χ2n) is 6.99. The molecule has 0 saturated heterocycles. The van der Waals surface area contributed by atoms with E-state index in [2.05, 4.69) is 23.8 Å². The molecular weight excluding hydrogens is 310 g/mol. The van der Waals surface area contributed by atoms with Crippen LogP contribution in [0.25, 0.3) is 16.6 Å². The standard InChI is InChI=1S/C21H27N3O/c1-4-13-24(14-17-7-8-17)21(25)16(3)6-5-15(2)18-9-11-22-20-19(18)10-12-23-20/h5-6,9-12,17H,4,7-8,13-14H2,1-3H3,(H,22,23)/b15-5+,16-6+. The summed E-state index contributed by atoms with van der Waals surface area (Å²) in [5, 5.41) is 1.11. The first kappa shape index (κ1) is 17.5. The molecule has 0 spiro atoms. The number of aromatic nitrogens is 2. The second kappa shape index (κ2) is 7.68. The number of nitrogens with one attached hydrogen (secondary N) is 1. The Hall–Kier alpha value is -2.36. The van der Waals surface area contributed by atoms with E-state index in [-0.39, 0.29) is 5.91 Å². The minimum absolute atomic E-state index is 0.166. The average molecular weight is 337 g/mol. The molecule has 0 bridgehead atoms. The number of hydrogen-bond acceptors (Lipinski definition) is 2. The molecule has 0 aliphatic heterocycles. The van der Waals surface area contributed by atoms with Crippen LogP contribution in [0, 0.1) is 5.92 Å². The van der Waals surface area contributed by atoms with Crippen LogP contribution in [0.5, 0.6) is 0 Å². The van der Waals surface area contributed by atoms with Crippen molar-refractivity contribution in [2.75, 3.05) is 13.1 Å². The number of H-pyrrole nitrogens is 1. The van der Waals surface area contributed by atoms with Crippen LogP contribution in [0.3, 0.4) is 0 Å². The zero-order valence-corrected chi connectivity index (χ0v) is 15.4. The Labute approximate surface area is 149 Å². The molecule has 1 N–H and O–H groups in total. The summed E-state index contributed by atoms with van der Waals surface area (Å²) >= 11 is 0. The predicted octanol–water partition coefficient (Wildman–Crippen LogP) is 4.56. The number of carbonyl (C=O) groups is 1. The lowest BCUT2D eigenvalue weighted by atomic mass is 10.0. The Bertz CT molecular complexity index is 811. The van der Waals surface area contributed by atoms with Crippen molar-refractivity contribution in [2.24, 2.45) is 5.92 Å². The molecule has 4 nitrogen and oxygen atoms in total. The van der Waals surface area contributed by atoms with Gasteiger partial charge in [0.25, 0.3) is 0 Å². The lowest BCUT2D eigenvalue weighted by Crippen LogP contribution is -2.34. The summed E-state index contributed by atoms with van der Waals surface area (Å²) in [4.78, 5) is 22.2. The molecule has 3 rings (SSSR count). The Kier molecular flexibility index (Phi) is 5.37. The molecule has 2 aromatic heterocycles. The topological polar surface area (TPSA) is 49.0 Å². The van der Waals surface area contributed by atoms with Crippen molar-refractivity contribution in [2.45, 2.75) is 40.0 Å². The maximum atomic E-state index is 12.7. The molecule has 1 aliphatic carbocycles. The average Bonchev–Trinajstić information content (AvgIpc) is 3.30. The Morgan fingerprint density at radius 1 is 1.32 bits per heavy atom. The summed E-state index contributed by atoms with van der Waals surface area (Å²) in [5.74, 6) is 0.888. The quantitative estimate of drug-likeness (QED) is 0.595. The van der Waals surface area contributed by atoms with Crippen LogP contribution >= 0.6 is 0 Å². The van der Waals surface area contributed by atoms with Gasteiger partial charge < -0.3 is 9.88 Å². The molecule has 1 saturated carbocycles. The normalized spacial score (nSPS) is 15.6. The van der Waals surface area contributed by atoms with Gasteiger partial charge in [0, 0.05) is 36.4 Å². The Morgan fingerprint density at radius 3 is 2.84 bits per heavy atom. The van der Waals surface area contributed by atoms with Crippen molar-refractivity contribution in [1.82, 2.24) is 14.9 Å². The van der Waals surface area contributed by atoms with E-state index >= 15 is 0 Å². The highest BCUT2D eigenvalue weighted by Crippen LogP contribution is 2.30. The summed E-state index contributed by atoms with van der Waals surface area (Å²) < 4.78 is 0. The second-order valence-corrected chi connectivity index (χ2v) is 6.99. The molecule has 0 aromatic carbocycles. The highest BCUT2D eigenvalue weighted by Gasteiger charge is 2.26. The van der Waals surface area contributed by atoms with Gasteiger partial charge in [0.05, 0.1) is 0 Å². The lowest BCUT2D eigenvalue weighted by Gasteiger charge is -2.22. The van der Waals surface area contributed by atoms with Crippen LogP contribution in [0.2, 0.25) is 0 Å². The van der Waals surface area contributed by atoms with Crippen molar-refractivity contribution in [3.8, 4) is 0 Å². The van der Waals surface area contributed by atoms with Gasteiger partial charge in [0.15, 0.2) is 0 Å². The van der Waals surface area contributed by atoms with Gasteiger partial charge in [-0.2, -0.15) is 0 Å². The number of pyridine rings is 1. The van der Waals surface area contributed by atoms with Crippen molar-refractivity contribution in [1.29, 1.82) is 0 Å². The number of fused-ring (bicyclic) bond motifs is 1. The highest BCUT2D eigenvalue weighted by atomic mass is 16.2. The van der Waals surface area contributed by atoms with Gasteiger partial charge in [-0.3, -0.25) is 4.79 Å². The summed E-state index contributed by atoms with van der Waals surface area (Å²) in [6, 6.07) is 4.05. The van der Waals surface area contributed by atoms with E-state index in [1.165, 1.54) is 12.8 Å². The van der Waals surface area contributed by atoms with Crippen LogP contribution in [0.1, 0.15) is 45.6 Å². The lowest BCUT2D eigenvalue weighted by molar-refractivity contribution is -0.127. The number of aromatic amines is 1. The fourth-order valence-electron chi connectivity index (χ4n) is 3.12. The fourth-order valence-corrected chi connectivity index (χ4v) is 3.12. The first-order chi connectivity index (χ1) is 12.1. The third-order valence-electron chi connectivity index (χ3n) is 4.76. The molecule has 1 aliphatic rings. The highest BCUT2D eigenvalue weighted by molar-refractivity contribution is 5.94. The van der Waals surface area contributed by atoms with Crippen LogP contribution in [-0.2, 0) is 4.79 Å². The molecule has 1 amide bonds. The number of rotatable bonds is 7. The SMILES string of the molecule is CCCN(CC1CC1)C(=O)/C(C)=C/C=C(\C)c1ccnc2[nH]ccc12. The zero-order valence-electron chi connectivity index (χ0n) is 15.4. The number of nitrogens with zero attached hydrogens (tertiary/aromatic N) is 2. The maximum Gasteiger partial charge on any atom is 0.249 e. The van der Waals surface area contributed by atoms with E-state index in [0.29, 0.717) is 0 Å². The molecule has 2 aromatic rings. The number of hydrogen-bond donors (Lipinski definition) is 1. The fraction of sp³-hybridized carbons (Fsp3) is 0.429. The summed E-state index contributed by atoms with van der Waals surface area (Å²) in [7, 11) is 0. The van der Waals surface area contributed by atoms with Gasteiger partial charge in [0.1, 0.15) is 5.65 Å². The number of allylic oxidation sites excluding steroid dienone is 3.